The van der Waals surface area contributed by atoms with Crippen molar-refractivity contribution in [1.82, 2.24) is 9.80 Å². The molecule has 18 heavy (non-hydrogen) atoms. The number of carboxylic acids is 1. The summed E-state index contributed by atoms with van der Waals surface area (Å²) >= 11 is 1.86. The van der Waals surface area contributed by atoms with E-state index < -0.39 is 11.4 Å². The van der Waals surface area contributed by atoms with Gasteiger partial charge in [-0.15, -0.1) is 0 Å². The van der Waals surface area contributed by atoms with Gasteiger partial charge < -0.3 is 14.9 Å². The van der Waals surface area contributed by atoms with Crippen molar-refractivity contribution < 1.29 is 14.7 Å². The van der Waals surface area contributed by atoms with Crippen LogP contribution in [-0.4, -0.2) is 64.6 Å². The maximum Gasteiger partial charge on any atom is 0.320 e. The summed E-state index contributed by atoms with van der Waals surface area (Å²) in [5.74, 6) is 1.17. The van der Waals surface area contributed by atoms with Crippen molar-refractivity contribution in [3.05, 3.63) is 0 Å². The molecule has 2 fully saturated rings. The zero-order valence-corrected chi connectivity index (χ0v) is 11.5. The lowest BCUT2D eigenvalue weighted by atomic mass is 9.82. The zero-order valence-electron chi connectivity index (χ0n) is 10.7. The molecule has 1 unspecified atom stereocenters. The number of urea groups is 1. The molecular weight excluding hydrogens is 252 g/mol. The van der Waals surface area contributed by atoms with Crippen molar-refractivity contribution in [2.24, 2.45) is 5.41 Å². The minimum Gasteiger partial charge on any atom is -0.481 e. The molecule has 0 spiro atoms. The Morgan fingerprint density at radius 2 is 1.83 bits per heavy atom. The summed E-state index contributed by atoms with van der Waals surface area (Å²) in [6, 6.07) is 0.0162. The Balaban J connectivity index is 1.99. The fourth-order valence-electron chi connectivity index (χ4n) is 2.53. The highest BCUT2D eigenvalue weighted by molar-refractivity contribution is 7.99. The molecule has 2 aliphatic rings. The summed E-state index contributed by atoms with van der Waals surface area (Å²) in [7, 11) is 0. The van der Waals surface area contributed by atoms with E-state index >= 15 is 0 Å². The number of carboxylic acid groups (broad SMARTS) is 1. The second-order valence-corrected chi connectivity index (χ2v) is 6.50. The summed E-state index contributed by atoms with van der Waals surface area (Å²) in [5.41, 5.74) is -0.779. The van der Waals surface area contributed by atoms with Crippen LogP contribution >= 0.6 is 11.8 Å². The number of nitrogens with zero attached hydrogens (tertiary/aromatic N) is 2. The highest BCUT2D eigenvalue weighted by Crippen LogP contribution is 2.30. The molecule has 102 valence electrons. The predicted molar refractivity (Wildman–Crippen MR) is 70.8 cm³/mol. The monoisotopic (exact) mass is 272 g/mol. The van der Waals surface area contributed by atoms with Crippen LogP contribution in [0.4, 0.5) is 4.79 Å². The van der Waals surface area contributed by atoms with E-state index in [2.05, 4.69) is 0 Å². The number of hydrogen-bond donors (Lipinski definition) is 1. The summed E-state index contributed by atoms with van der Waals surface area (Å²) in [5, 5.41) is 9.25. The molecule has 2 rings (SSSR count). The predicted octanol–water partition coefficient (Wildman–Crippen LogP) is 1.34. The molecule has 2 amide bonds. The first-order valence-corrected chi connectivity index (χ1v) is 7.53. The Morgan fingerprint density at radius 1 is 1.17 bits per heavy atom. The molecule has 5 nitrogen and oxygen atoms in total. The van der Waals surface area contributed by atoms with E-state index in [1.807, 2.05) is 16.7 Å². The molecule has 0 aromatic heterocycles. The molecule has 6 heteroatoms. The number of aliphatic carboxylic acids is 1. The van der Waals surface area contributed by atoms with Gasteiger partial charge in [0, 0.05) is 37.7 Å². The Hall–Kier alpha value is -0.910. The van der Waals surface area contributed by atoms with Crippen LogP contribution in [0.3, 0.4) is 0 Å². The van der Waals surface area contributed by atoms with Gasteiger partial charge in [-0.2, -0.15) is 11.8 Å². The van der Waals surface area contributed by atoms with E-state index in [9.17, 15) is 14.7 Å². The molecule has 1 N–H and O–H groups in total. The van der Waals surface area contributed by atoms with Gasteiger partial charge in [-0.3, -0.25) is 4.79 Å². The summed E-state index contributed by atoms with van der Waals surface area (Å²) in [6.07, 6.45) is 1.43. The lowest BCUT2D eigenvalue weighted by molar-refractivity contribution is -0.150. The SMILES string of the molecule is CC1(C(=O)O)CCCN(C(=O)N2CCSCC2)C1. The van der Waals surface area contributed by atoms with E-state index in [0.717, 1.165) is 31.0 Å². The fourth-order valence-corrected chi connectivity index (χ4v) is 3.44. The highest BCUT2D eigenvalue weighted by atomic mass is 32.2. The van der Waals surface area contributed by atoms with Crippen LogP contribution in [0, 0.1) is 5.41 Å². The molecule has 0 aliphatic carbocycles. The second kappa shape index (κ2) is 5.38. The van der Waals surface area contributed by atoms with Gasteiger partial charge in [-0.25, -0.2) is 4.79 Å². The van der Waals surface area contributed by atoms with E-state index in [-0.39, 0.29) is 6.03 Å². The average molecular weight is 272 g/mol. The molecule has 1 atom stereocenters. The number of carbonyl (C=O) groups excluding carboxylic acids is 1. The third-order valence-corrected chi connectivity index (χ3v) is 4.71. The van der Waals surface area contributed by atoms with Crippen molar-refractivity contribution in [3.8, 4) is 0 Å². The lowest BCUT2D eigenvalue weighted by Gasteiger charge is -2.40. The first-order valence-electron chi connectivity index (χ1n) is 6.38. The maximum absolute atomic E-state index is 12.3. The van der Waals surface area contributed by atoms with Crippen LogP contribution in [0.1, 0.15) is 19.8 Å². The molecule has 0 radical (unpaired) electrons. The summed E-state index contributed by atoms with van der Waals surface area (Å²) < 4.78 is 0. The van der Waals surface area contributed by atoms with Crippen molar-refractivity contribution in [2.75, 3.05) is 37.7 Å². The molecule has 0 aromatic carbocycles. The number of likely N-dealkylation sites (tertiary alicyclic amines) is 1. The average Bonchev–Trinajstić information content (AvgIpc) is 2.39. The summed E-state index contributed by atoms with van der Waals surface area (Å²) in [6.45, 7) is 4.32. The zero-order chi connectivity index (χ0) is 13.2. The van der Waals surface area contributed by atoms with E-state index in [0.29, 0.717) is 19.5 Å². The van der Waals surface area contributed by atoms with Crippen LogP contribution in [0.25, 0.3) is 0 Å². The van der Waals surface area contributed by atoms with Gasteiger partial charge in [0.15, 0.2) is 0 Å². The number of amides is 2. The largest absolute Gasteiger partial charge is 0.481 e. The van der Waals surface area contributed by atoms with Crippen LogP contribution in [0.2, 0.25) is 0 Å². The van der Waals surface area contributed by atoms with Crippen molar-refractivity contribution in [3.63, 3.8) is 0 Å². The van der Waals surface area contributed by atoms with Gasteiger partial charge >= 0.3 is 12.0 Å². The fraction of sp³-hybridized carbons (Fsp3) is 0.833. The standard InChI is InChI=1S/C12H20N2O3S/c1-12(10(15)16)3-2-4-14(9-12)11(17)13-5-7-18-8-6-13/h2-9H2,1H3,(H,15,16). The minimum atomic E-state index is -0.797. The first kappa shape index (κ1) is 13.5. The quantitative estimate of drug-likeness (QED) is 0.782. The van der Waals surface area contributed by atoms with E-state index in [1.165, 1.54) is 0 Å². The summed E-state index contributed by atoms with van der Waals surface area (Å²) in [4.78, 5) is 27.1. The topological polar surface area (TPSA) is 60.9 Å². The van der Waals surface area contributed by atoms with Gasteiger partial charge in [0.25, 0.3) is 0 Å². The second-order valence-electron chi connectivity index (χ2n) is 5.27. The molecule has 2 saturated heterocycles. The number of hydrogen-bond acceptors (Lipinski definition) is 3. The Kier molecular flexibility index (Phi) is 4.04. The highest BCUT2D eigenvalue weighted by Gasteiger charge is 2.40. The van der Waals surface area contributed by atoms with Crippen molar-refractivity contribution in [2.45, 2.75) is 19.8 Å². The van der Waals surface area contributed by atoms with Crippen LogP contribution in [0.5, 0.6) is 0 Å². The normalized spacial score (nSPS) is 29.2. The number of rotatable bonds is 1. The third kappa shape index (κ3) is 2.74. The van der Waals surface area contributed by atoms with Gasteiger partial charge in [0.1, 0.15) is 0 Å². The van der Waals surface area contributed by atoms with E-state index in [1.54, 1.807) is 11.8 Å². The molecule has 0 bridgehead atoms. The maximum atomic E-state index is 12.3. The van der Waals surface area contributed by atoms with Crippen LogP contribution < -0.4 is 0 Å². The smallest absolute Gasteiger partial charge is 0.320 e. The van der Waals surface area contributed by atoms with Gasteiger partial charge in [-0.05, 0) is 19.8 Å². The van der Waals surface area contributed by atoms with Crippen molar-refractivity contribution >= 4 is 23.8 Å². The number of thioether (sulfide) groups is 1. The van der Waals surface area contributed by atoms with Gasteiger partial charge in [0.05, 0.1) is 5.41 Å². The molecule has 0 saturated carbocycles. The Morgan fingerprint density at radius 3 is 2.44 bits per heavy atom. The Bertz CT molecular complexity index is 344. The number of piperidine rings is 1. The van der Waals surface area contributed by atoms with Gasteiger partial charge in [0.2, 0.25) is 0 Å². The van der Waals surface area contributed by atoms with Gasteiger partial charge in [-0.1, -0.05) is 0 Å². The Labute approximate surface area is 112 Å². The minimum absolute atomic E-state index is 0.0162. The molecule has 0 aromatic rings. The molecule has 2 aliphatic heterocycles. The number of carbonyl (C=O) groups is 2. The van der Waals surface area contributed by atoms with Crippen LogP contribution in [0.15, 0.2) is 0 Å². The molecule has 2 heterocycles. The first-order chi connectivity index (χ1) is 8.53. The van der Waals surface area contributed by atoms with Crippen LogP contribution in [-0.2, 0) is 4.79 Å². The van der Waals surface area contributed by atoms with Crippen molar-refractivity contribution in [1.29, 1.82) is 0 Å². The lowest BCUT2D eigenvalue weighted by Crippen LogP contribution is -2.53. The molecular formula is C12H20N2O3S. The van der Waals surface area contributed by atoms with E-state index in [4.69, 9.17) is 0 Å². The third-order valence-electron chi connectivity index (χ3n) is 3.76.